The second-order valence-corrected chi connectivity index (χ2v) is 4.75. The van der Waals surface area contributed by atoms with Crippen LogP contribution in [0.2, 0.25) is 0 Å². The molecule has 2 heteroatoms. The Balaban J connectivity index is 2.86. The predicted octanol–water partition coefficient (Wildman–Crippen LogP) is 1.60. The zero-order valence-corrected chi connectivity index (χ0v) is 8.00. The van der Waals surface area contributed by atoms with Crippen LogP contribution < -0.4 is 0 Å². The van der Waals surface area contributed by atoms with Crippen LogP contribution >= 0.6 is 0 Å². The molecule has 0 amide bonds. The third-order valence-corrected chi connectivity index (χ3v) is 3.68. The van der Waals surface area contributed by atoms with Gasteiger partial charge in [0.15, 0.2) is 0 Å². The van der Waals surface area contributed by atoms with E-state index in [2.05, 4.69) is 28.3 Å². The first-order valence-electron chi connectivity index (χ1n) is 3.17. The minimum absolute atomic E-state index is 0.188. The van der Waals surface area contributed by atoms with Gasteiger partial charge in [0.1, 0.15) is 0 Å². The summed E-state index contributed by atoms with van der Waals surface area (Å²) >= 11 is -0.188. The Labute approximate surface area is 69.7 Å². The molecule has 0 saturated heterocycles. The van der Waals surface area contributed by atoms with E-state index in [9.17, 15) is 0 Å². The van der Waals surface area contributed by atoms with E-state index >= 15 is 0 Å². The number of fused-ring (bicyclic) bond motifs is 1. The molecule has 0 aliphatic heterocycles. The summed E-state index contributed by atoms with van der Waals surface area (Å²) < 4.78 is 5.79. The van der Waals surface area contributed by atoms with Gasteiger partial charge in [-0.25, -0.2) is 0 Å². The van der Waals surface area contributed by atoms with Crippen molar-refractivity contribution in [2.24, 2.45) is 0 Å². The Morgan fingerprint density at radius 2 is 2.30 bits per heavy atom. The maximum absolute atomic E-state index is 4.30. The van der Waals surface area contributed by atoms with Crippen molar-refractivity contribution in [3.63, 3.8) is 0 Å². The monoisotopic (exact) mass is 247 g/mol. The van der Waals surface area contributed by atoms with Gasteiger partial charge in [0.25, 0.3) is 0 Å². The van der Waals surface area contributed by atoms with Gasteiger partial charge >= 0.3 is 69.6 Å². The molecule has 50 valence electrons. The summed E-state index contributed by atoms with van der Waals surface area (Å²) in [4.78, 5) is 0. The van der Waals surface area contributed by atoms with E-state index in [0.29, 0.717) is 0 Å². The molecular weight excluding hydrogens is 238 g/mol. The van der Waals surface area contributed by atoms with E-state index in [-0.39, 0.29) is 20.7 Å². The fourth-order valence-electron chi connectivity index (χ4n) is 0.967. The van der Waals surface area contributed by atoms with Crippen LogP contribution in [0.15, 0.2) is 24.4 Å². The first kappa shape index (κ1) is 6.39. The number of nitrogens with zero attached hydrogens (tertiary/aromatic N) is 1. The zero-order valence-electron chi connectivity index (χ0n) is 5.66. The maximum atomic E-state index is 4.30. The van der Waals surface area contributed by atoms with Crippen LogP contribution in [0.4, 0.5) is 0 Å². The Morgan fingerprint density at radius 3 is 3.20 bits per heavy atom. The Bertz CT molecular complexity index is 351. The van der Waals surface area contributed by atoms with Gasteiger partial charge < -0.3 is 0 Å². The predicted molar refractivity (Wildman–Crippen MR) is 43.4 cm³/mol. The topological polar surface area (TPSA) is 12.9 Å². The van der Waals surface area contributed by atoms with Crippen LogP contribution in [0.1, 0.15) is 5.56 Å². The van der Waals surface area contributed by atoms with Gasteiger partial charge in [-0.3, -0.25) is 0 Å². The SMILES string of the molecule is Cc1ccc2cn[te]c2c1. The molecule has 0 bridgehead atoms. The summed E-state index contributed by atoms with van der Waals surface area (Å²) in [5.74, 6) is 0. The normalized spacial score (nSPS) is 10.5. The van der Waals surface area contributed by atoms with Gasteiger partial charge in [-0.1, -0.05) is 0 Å². The first-order valence-corrected chi connectivity index (χ1v) is 5.38. The molecule has 0 N–H and O–H groups in total. The second kappa shape index (κ2) is 2.38. The van der Waals surface area contributed by atoms with Crippen molar-refractivity contribution in [1.29, 1.82) is 0 Å². The van der Waals surface area contributed by atoms with Crippen LogP contribution in [0.3, 0.4) is 0 Å². The third-order valence-electron chi connectivity index (χ3n) is 1.51. The van der Waals surface area contributed by atoms with Crippen LogP contribution in [-0.4, -0.2) is 23.9 Å². The molecule has 0 atom stereocenters. The number of hydrogen-bond acceptors (Lipinski definition) is 1. The zero-order chi connectivity index (χ0) is 6.97. The fraction of sp³-hybridized carbons (Fsp3) is 0.125. The molecule has 0 spiro atoms. The quantitative estimate of drug-likeness (QED) is 0.642. The molecule has 0 aliphatic rings. The molecule has 0 radical (unpaired) electrons. The van der Waals surface area contributed by atoms with Crippen LogP contribution in [0, 0.1) is 6.92 Å². The molecule has 0 aliphatic carbocycles. The number of aromatic nitrogens is 1. The molecule has 0 saturated carbocycles. The molecule has 10 heavy (non-hydrogen) atoms. The van der Waals surface area contributed by atoms with E-state index in [1.54, 1.807) is 0 Å². The number of benzene rings is 1. The van der Waals surface area contributed by atoms with E-state index < -0.39 is 0 Å². The van der Waals surface area contributed by atoms with Gasteiger partial charge in [-0.05, 0) is 0 Å². The summed E-state index contributed by atoms with van der Waals surface area (Å²) in [5.41, 5.74) is 1.36. The Hall–Kier alpha value is -0.320. The van der Waals surface area contributed by atoms with Crippen molar-refractivity contribution in [1.82, 2.24) is 3.21 Å². The summed E-state index contributed by atoms with van der Waals surface area (Å²) in [6.07, 6.45) is 2.00. The molecule has 1 aromatic heterocycles. The Morgan fingerprint density at radius 1 is 1.40 bits per heavy atom. The van der Waals surface area contributed by atoms with Gasteiger partial charge in [-0.2, -0.15) is 0 Å². The van der Waals surface area contributed by atoms with Gasteiger partial charge in [-0.15, -0.1) is 0 Å². The van der Waals surface area contributed by atoms with Crippen LogP contribution in [0.5, 0.6) is 0 Å². The van der Waals surface area contributed by atoms with E-state index in [1.165, 1.54) is 14.4 Å². The van der Waals surface area contributed by atoms with Crippen molar-refractivity contribution < 1.29 is 0 Å². The summed E-state index contributed by atoms with van der Waals surface area (Å²) in [6.45, 7) is 2.13. The number of hydrogen-bond donors (Lipinski definition) is 0. The summed E-state index contributed by atoms with van der Waals surface area (Å²) in [7, 11) is 0. The third kappa shape index (κ3) is 0.982. The van der Waals surface area contributed by atoms with E-state index in [0.717, 1.165) is 0 Å². The molecular formula is C8H7NTe. The minimum atomic E-state index is -0.188. The van der Waals surface area contributed by atoms with Crippen molar-refractivity contribution >= 4 is 29.5 Å². The molecule has 2 rings (SSSR count). The molecule has 2 aromatic rings. The van der Waals surface area contributed by atoms with E-state index in [1.807, 2.05) is 6.20 Å². The van der Waals surface area contributed by atoms with Crippen molar-refractivity contribution in [3.8, 4) is 0 Å². The van der Waals surface area contributed by atoms with Crippen molar-refractivity contribution in [3.05, 3.63) is 30.0 Å². The van der Waals surface area contributed by atoms with Crippen LogP contribution in [0.25, 0.3) is 8.79 Å². The molecule has 1 aromatic carbocycles. The second-order valence-electron chi connectivity index (χ2n) is 2.37. The van der Waals surface area contributed by atoms with Gasteiger partial charge in [0, 0.05) is 0 Å². The molecule has 1 nitrogen and oxygen atoms in total. The number of rotatable bonds is 0. The molecule has 1 heterocycles. The van der Waals surface area contributed by atoms with Gasteiger partial charge in [0.05, 0.1) is 0 Å². The average molecular weight is 245 g/mol. The standard InChI is InChI=1S/C8H7NTe/c1-6-2-3-7-5-9-10-8(7)4-6/h2-5H,1H3. The molecule has 0 fully saturated rings. The van der Waals surface area contributed by atoms with Gasteiger partial charge in [0.2, 0.25) is 0 Å². The summed E-state index contributed by atoms with van der Waals surface area (Å²) in [6, 6.07) is 6.56. The van der Waals surface area contributed by atoms with Crippen molar-refractivity contribution in [2.75, 3.05) is 0 Å². The van der Waals surface area contributed by atoms with Crippen LogP contribution in [-0.2, 0) is 0 Å². The van der Waals surface area contributed by atoms with Crippen molar-refractivity contribution in [2.45, 2.75) is 6.92 Å². The average Bonchev–Trinajstić information content (AvgIpc) is 2.33. The summed E-state index contributed by atoms with van der Waals surface area (Å²) in [5, 5.41) is 1.34. The molecule has 0 unspecified atom stereocenters. The fourth-order valence-corrected chi connectivity index (χ4v) is 3.09. The number of aryl methyl sites for hydroxylation is 1. The Kier molecular flexibility index (Phi) is 1.52. The first-order chi connectivity index (χ1) is 4.86. The van der Waals surface area contributed by atoms with E-state index in [4.69, 9.17) is 0 Å².